The quantitative estimate of drug-likeness (QED) is 0.481. The summed E-state index contributed by atoms with van der Waals surface area (Å²) in [4.78, 5) is 0. The second-order valence-electron chi connectivity index (χ2n) is 9.95. The predicted molar refractivity (Wildman–Crippen MR) is 119 cm³/mol. The Balaban J connectivity index is 2.02. The van der Waals surface area contributed by atoms with Crippen LogP contribution < -0.4 is 5.30 Å². The van der Waals surface area contributed by atoms with Gasteiger partial charge >= 0.3 is 0 Å². The van der Waals surface area contributed by atoms with Crippen LogP contribution >= 0.6 is 7.92 Å². The summed E-state index contributed by atoms with van der Waals surface area (Å²) >= 11 is 0. The summed E-state index contributed by atoms with van der Waals surface area (Å²) in [5.74, 6) is 3.63. The third-order valence-electron chi connectivity index (χ3n) is 7.50. The molecule has 0 bridgehead atoms. The van der Waals surface area contributed by atoms with Gasteiger partial charge in [-0.3, -0.25) is 0 Å². The number of hydrogen-bond acceptors (Lipinski definition) is 0. The molecule has 26 heavy (non-hydrogen) atoms. The molecule has 0 aliphatic heterocycles. The minimum atomic E-state index is -0.0541. The Morgan fingerprint density at radius 2 is 1.65 bits per heavy atom. The van der Waals surface area contributed by atoms with Gasteiger partial charge in [0, 0.05) is 0 Å². The zero-order valence-corrected chi connectivity index (χ0v) is 19.0. The van der Waals surface area contributed by atoms with Crippen LogP contribution in [0.3, 0.4) is 0 Å². The van der Waals surface area contributed by atoms with Crippen molar-refractivity contribution in [2.45, 2.75) is 97.8 Å². The Hall–Kier alpha value is -0.350. The Bertz CT molecular complexity index is 590. The van der Waals surface area contributed by atoms with Crippen molar-refractivity contribution < 1.29 is 0 Å². The molecule has 2 saturated carbocycles. The van der Waals surface area contributed by atoms with Crippen molar-refractivity contribution >= 4 is 13.2 Å². The first-order valence-corrected chi connectivity index (χ1v) is 12.7. The van der Waals surface area contributed by atoms with Crippen molar-refractivity contribution in [1.29, 1.82) is 0 Å². The highest BCUT2D eigenvalue weighted by Gasteiger charge is 2.41. The first kappa shape index (κ1) is 20.4. The van der Waals surface area contributed by atoms with Crippen LogP contribution in [0.25, 0.3) is 0 Å². The molecule has 0 saturated heterocycles. The fraction of sp³-hybridized carbons (Fsp3) is 0.760. The van der Waals surface area contributed by atoms with Crippen LogP contribution in [0, 0.1) is 37.5 Å². The van der Waals surface area contributed by atoms with Crippen molar-refractivity contribution in [2.24, 2.45) is 23.7 Å². The van der Waals surface area contributed by atoms with Gasteiger partial charge in [0.05, 0.1) is 0 Å². The fourth-order valence-electron chi connectivity index (χ4n) is 5.79. The number of aryl methyl sites for hydroxylation is 1. The molecule has 146 valence electrons. The van der Waals surface area contributed by atoms with Crippen LogP contribution in [0.1, 0.15) is 83.8 Å². The van der Waals surface area contributed by atoms with Crippen LogP contribution in [0.4, 0.5) is 0 Å². The minimum Gasteiger partial charge on any atom is -0.0684 e. The number of benzene rings is 1. The molecule has 6 atom stereocenters. The molecule has 2 aliphatic carbocycles. The summed E-state index contributed by atoms with van der Waals surface area (Å²) in [5.41, 5.74) is 5.02. The predicted octanol–water partition coefficient (Wildman–Crippen LogP) is 7.45. The van der Waals surface area contributed by atoms with Gasteiger partial charge in [0.1, 0.15) is 0 Å². The van der Waals surface area contributed by atoms with E-state index >= 15 is 0 Å². The molecule has 1 heteroatoms. The van der Waals surface area contributed by atoms with Gasteiger partial charge in [0.25, 0.3) is 0 Å². The van der Waals surface area contributed by atoms with Crippen molar-refractivity contribution in [1.82, 2.24) is 0 Å². The first-order chi connectivity index (χ1) is 12.4. The molecule has 1 aromatic rings. The minimum absolute atomic E-state index is 0.0541. The van der Waals surface area contributed by atoms with Crippen molar-refractivity contribution in [2.75, 3.05) is 0 Å². The van der Waals surface area contributed by atoms with E-state index in [-0.39, 0.29) is 7.92 Å². The molecule has 0 amide bonds. The molecule has 1 aromatic carbocycles. The molecule has 2 aliphatic rings. The van der Waals surface area contributed by atoms with Crippen LogP contribution in [0.5, 0.6) is 0 Å². The molecule has 0 aromatic heterocycles. The lowest BCUT2D eigenvalue weighted by molar-refractivity contribution is 0.239. The average Bonchev–Trinajstić information content (AvgIpc) is 2.59. The number of hydrogen-bond donors (Lipinski definition) is 0. The third kappa shape index (κ3) is 4.38. The molecule has 3 rings (SSSR count). The van der Waals surface area contributed by atoms with E-state index in [1.165, 1.54) is 50.5 Å². The van der Waals surface area contributed by atoms with E-state index < -0.39 is 0 Å². The van der Waals surface area contributed by atoms with Gasteiger partial charge in [-0.2, -0.15) is 0 Å². The molecule has 0 radical (unpaired) electrons. The molecule has 0 nitrogen and oxygen atoms in total. The SMILES string of the molecule is Cc1cccc(P(C2CCC[C@@H](C)C2)C2C[C@H](C)CC[C@H]2C(C)C)c1C. The maximum absolute atomic E-state index is 2.52. The van der Waals surface area contributed by atoms with Gasteiger partial charge in [0.2, 0.25) is 0 Å². The number of rotatable bonds is 4. The van der Waals surface area contributed by atoms with E-state index in [1.54, 1.807) is 10.9 Å². The third-order valence-corrected chi connectivity index (χ3v) is 11.1. The summed E-state index contributed by atoms with van der Waals surface area (Å²) in [6.45, 7) is 14.7. The molecule has 0 N–H and O–H groups in total. The van der Waals surface area contributed by atoms with Crippen molar-refractivity contribution in [3.05, 3.63) is 29.3 Å². The van der Waals surface area contributed by atoms with Gasteiger partial charge < -0.3 is 0 Å². The normalized spacial score (nSPS) is 34.0. The van der Waals surface area contributed by atoms with Crippen LogP contribution in [0.15, 0.2) is 18.2 Å². The molecule has 0 spiro atoms. The molecule has 2 fully saturated rings. The van der Waals surface area contributed by atoms with Gasteiger partial charge in [-0.15, -0.1) is 0 Å². The van der Waals surface area contributed by atoms with E-state index in [1.807, 2.05) is 0 Å². The van der Waals surface area contributed by atoms with E-state index in [2.05, 4.69) is 59.7 Å². The summed E-state index contributed by atoms with van der Waals surface area (Å²) in [7, 11) is -0.0541. The highest BCUT2D eigenvalue weighted by Crippen LogP contribution is 2.59. The van der Waals surface area contributed by atoms with Crippen molar-refractivity contribution in [3.63, 3.8) is 0 Å². The maximum Gasteiger partial charge on any atom is -0.0133 e. The summed E-state index contributed by atoms with van der Waals surface area (Å²) < 4.78 is 0. The Kier molecular flexibility index (Phi) is 6.88. The standard InChI is InChI=1S/C25H41P/c1-17(2)23-14-13-19(4)16-25(23)26(22-11-7-9-18(3)15-22)24-12-8-10-20(5)21(24)6/h8,10,12,17-19,22-23,25H,7,9,11,13-16H2,1-6H3/t18-,19-,22?,23+,25?,26?/m1/s1. The van der Waals surface area contributed by atoms with E-state index in [4.69, 9.17) is 0 Å². The van der Waals surface area contributed by atoms with E-state index in [9.17, 15) is 0 Å². The van der Waals surface area contributed by atoms with E-state index in [0.717, 1.165) is 35.0 Å². The van der Waals surface area contributed by atoms with Gasteiger partial charge in [-0.25, -0.2) is 0 Å². The van der Waals surface area contributed by atoms with Crippen LogP contribution in [-0.2, 0) is 0 Å². The fourth-order valence-corrected chi connectivity index (χ4v) is 10.4. The molecule has 0 heterocycles. The maximum atomic E-state index is 2.52. The zero-order valence-electron chi connectivity index (χ0n) is 18.1. The van der Waals surface area contributed by atoms with E-state index in [0.29, 0.717) is 0 Å². The monoisotopic (exact) mass is 372 g/mol. The molecular formula is C25H41P. The van der Waals surface area contributed by atoms with Crippen LogP contribution in [-0.4, -0.2) is 11.3 Å². The topological polar surface area (TPSA) is 0 Å². The average molecular weight is 373 g/mol. The second kappa shape index (κ2) is 8.77. The Morgan fingerprint density at radius 1 is 0.923 bits per heavy atom. The summed E-state index contributed by atoms with van der Waals surface area (Å²) in [6, 6.07) is 7.18. The lowest BCUT2D eigenvalue weighted by Gasteiger charge is -2.47. The Labute approximate surface area is 164 Å². The first-order valence-electron chi connectivity index (χ1n) is 11.2. The summed E-state index contributed by atoms with van der Waals surface area (Å²) in [6.07, 6.45) is 10.3. The van der Waals surface area contributed by atoms with Crippen LogP contribution in [0.2, 0.25) is 0 Å². The lowest BCUT2D eigenvalue weighted by Crippen LogP contribution is -2.37. The molecule has 3 unspecified atom stereocenters. The summed E-state index contributed by atoms with van der Waals surface area (Å²) in [5, 5.41) is 1.77. The molecular weight excluding hydrogens is 331 g/mol. The van der Waals surface area contributed by atoms with Gasteiger partial charge in [-0.05, 0) is 91.0 Å². The van der Waals surface area contributed by atoms with Gasteiger partial charge in [0.15, 0.2) is 0 Å². The smallest absolute Gasteiger partial charge is 0.0133 e. The zero-order chi connectivity index (χ0) is 18.8. The second-order valence-corrected chi connectivity index (χ2v) is 12.6. The lowest BCUT2D eigenvalue weighted by atomic mass is 9.77. The highest BCUT2D eigenvalue weighted by molar-refractivity contribution is 7.67. The Morgan fingerprint density at radius 3 is 2.35 bits per heavy atom. The van der Waals surface area contributed by atoms with Crippen molar-refractivity contribution in [3.8, 4) is 0 Å². The largest absolute Gasteiger partial charge is 0.0684 e. The highest BCUT2D eigenvalue weighted by atomic mass is 31.1. The van der Waals surface area contributed by atoms with Gasteiger partial charge in [-0.1, -0.05) is 73.1 Å².